The standard InChI is InChI=1S/C12H13ClN2O2S/c1-17-9(16)12-4-11(5-12,6-12)8-7(13)3-14-10(15-8)18-2/h3H,4-6H2,1-2H3. The van der Waals surface area contributed by atoms with Crippen molar-refractivity contribution in [3.8, 4) is 0 Å². The van der Waals surface area contributed by atoms with Crippen molar-refractivity contribution < 1.29 is 9.53 Å². The fourth-order valence-electron chi connectivity index (χ4n) is 3.29. The van der Waals surface area contributed by atoms with Gasteiger partial charge in [-0.15, -0.1) is 0 Å². The molecule has 0 amide bonds. The second-order valence-corrected chi connectivity index (χ2v) is 6.32. The Morgan fingerprint density at radius 1 is 1.50 bits per heavy atom. The maximum absolute atomic E-state index is 11.6. The summed E-state index contributed by atoms with van der Waals surface area (Å²) in [6, 6.07) is 0. The minimum absolute atomic E-state index is 0.0152. The first-order chi connectivity index (χ1) is 8.55. The number of aromatic nitrogens is 2. The van der Waals surface area contributed by atoms with Gasteiger partial charge in [0.05, 0.1) is 29.4 Å². The van der Waals surface area contributed by atoms with Crippen molar-refractivity contribution in [3.05, 3.63) is 16.9 Å². The monoisotopic (exact) mass is 284 g/mol. The van der Waals surface area contributed by atoms with Crippen molar-refractivity contribution in [2.75, 3.05) is 13.4 Å². The topological polar surface area (TPSA) is 52.1 Å². The lowest BCUT2D eigenvalue weighted by atomic mass is 9.34. The highest BCUT2D eigenvalue weighted by atomic mass is 35.5. The molecular weight excluding hydrogens is 272 g/mol. The Balaban J connectivity index is 1.86. The Kier molecular flexibility index (Phi) is 2.61. The van der Waals surface area contributed by atoms with Gasteiger partial charge in [-0.2, -0.15) is 0 Å². The second kappa shape index (κ2) is 3.84. The number of thioether (sulfide) groups is 1. The molecule has 3 aliphatic carbocycles. The predicted octanol–water partition coefficient (Wildman–Crippen LogP) is 2.45. The van der Waals surface area contributed by atoms with Gasteiger partial charge in [0.15, 0.2) is 5.16 Å². The van der Waals surface area contributed by atoms with Gasteiger partial charge in [-0.05, 0) is 25.5 Å². The van der Waals surface area contributed by atoms with E-state index >= 15 is 0 Å². The molecule has 96 valence electrons. The maximum atomic E-state index is 11.6. The minimum Gasteiger partial charge on any atom is -0.469 e. The van der Waals surface area contributed by atoms with E-state index in [0.717, 1.165) is 30.1 Å². The molecule has 1 aromatic rings. The first-order valence-electron chi connectivity index (χ1n) is 5.71. The number of carbonyl (C=O) groups excluding carboxylic acids is 1. The number of esters is 1. The van der Waals surface area contributed by atoms with Crippen LogP contribution in [0.1, 0.15) is 25.0 Å². The van der Waals surface area contributed by atoms with Gasteiger partial charge in [-0.3, -0.25) is 4.79 Å². The summed E-state index contributed by atoms with van der Waals surface area (Å²) in [4.78, 5) is 20.3. The number of rotatable bonds is 3. The van der Waals surface area contributed by atoms with Gasteiger partial charge in [0, 0.05) is 5.41 Å². The number of nitrogens with zero attached hydrogens (tertiary/aromatic N) is 2. The first-order valence-corrected chi connectivity index (χ1v) is 7.31. The highest BCUT2D eigenvalue weighted by Gasteiger charge is 2.73. The van der Waals surface area contributed by atoms with Crippen LogP contribution in [-0.4, -0.2) is 29.3 Å². The zero-order valence-electron chi connectivity index (χ0n) is 10.2. The van der Waals surface area contributed by atoms with Gasteiger partial charge in [0.25, 0.3) is 0 Å². The maximum Gasteiger partial charge on any atom is 0.311 e. The average molecular weight is 285 g/mol. The lowest BCUT2D eigenvalue weighted by molar-refractivity contribution is -0.198. The van der Waals surface area contributed by atoms with Crippen LogP contribution < -0.4 is 0 Å². The summed E-state index contributed by atoms with van der Waals surface area (Å²) in [6.45, 7) is 0. The molecule has 0 radical (unpaired) electrons. The van der Waals surface area contributed by atoms with Crippen molar-refractivity contribution in [2.45, 2.75) is 29.8 Å². The summed E-state index contributed by atoms with van der Waals surface area (Å²) in [5.41, 5.74) is 0.621. The molecule has 1 aromatic heterocycles. The van der Waals surface area contributed by atoms with E-state index < -0.39 is 0 Å². The second-order valence-electron chi connectivity index (χ2n) is 5.14. The van der Waals surface area contributed by atoms with Crippen LogP contribution in [0.25, 0.3) is 0 Å². The molecule has 0 unspecified atom stereocenters. The van der Waals surface area contributed by atoms with Crippen LogP contribution in [0.5, 0.6) is 0 Å². The lowest BCUT2D eigenvalue weighted by Gasteiger charge is -2.68. The molecule has 2 bridgehead atoms. The Labute approximate surface area is 114 Å². The zero-order chi connectivity index (χ0) is 13.0. The van der Waals surface area contributed by atoms with E-state index in [0.29, 0.717) is 5.02 Å². The molecule has 0 aromatic carbocycles. The zero-order valence-corrected chi connectivity index (χ0v) is 11.8. The van der Waals surface area contributed by atoms with Crippen molar-refractivity contribution in [1.82, 2.24) is 9.97 Å². The Morgan fingerprint density at radius 2 is 2.17 bits per heavy atom. The quantitative estimate of drug-likeness (QED) is 0.485. The summed E-state index contributed by atoms with van der Waals surface area (Å²) in [5.74, 6) is -0.0976. The number of ether oxygens (including phenoxy) is 1. The smallest absolute Gasteiger partial charge is 0.311 e. The first kappa shape index (κ1) is 12.2. The number of hydrogen-bond donors (Lipinski definition) is 0. The fraction of sp³-hybridized carbons (Fsp3) is 0.583. The van der Waals surface area contributed by atoms with Crippen LogP contribution >= 0.6 is 23.4 Å². The van der Waals surface area contributed by atoms with Crippen LogP contribution in [0.15, 0.2) is 11.4 Å². The molecule has 0 aliphatic heterocycles. The van der Waals surface area contributed by atoms with Crippen LogP contribution in [0.4, 0.5) is 0 Å². The molecule has 4 nitrogen and oxygen atoms in total. The van der Waals surface area contributed by atoms with Crippen molar-refractivity contribution in [2.24, 2.45) is 5.41 Å². The third-order valence-electron chi connectivity index (χ3n) is 4.06. The molecule has 3 saturated carbocycles. The number of hydrogen-bond acceptors (Lipinski definition) is 5. The van der Waals surface area contributed by atoms with E-state index in [2.05, 4.69) is 9.97 Å². The van der Waals surface area contributed by atoms with Gasteiger partial charge in [0.2, 0.25) is 0 Å². The number of halogens is 1. The third-order valence-corrected chi connectivity index (χ3v) is 4.89. The Hall–Kier alpha value is -0.810. The van der Waals surface area contributed by atoms with Gasteiger partial charge < -0.3 is 4.74 Å². The molecule has 1 heterocycles. The van der Waals surface area contributed by atoms with Crippen molar-refractivity contribution in [1.29, 1.82) is 0 Å². The van der Waals surface area contributed by atoms with Crippen molar-refractivity contribution >= 4 is 29.3 Å². The van der Waals surface area contributed by atoms with Gasteiger partial charge in [-0.25, -0.2) is 9.97 Å². The molecule has 6 heteroatoms. The van der Waals surface area contributed by atoms with Gasteiger partial charge in [-0.1, -0.05) is 23.4 Å². The summed E-state index contributed by atoms with van der Waals surface area (Å²) in [6.07, 6.45) is 6.00. The van der Waals surface area contributed by atoms with E-state index in [1.54, 1.807) is 6.20 Å². The van der Waals surface area contributed by atoms with Gasteiger partial charge in [0.1, 0.15) is 0 Å². The highest BCUT2D eigenvalue weighted by molar-refractivity contribution is 7.98. The largest absolute Gasteiger partial charge is 0.469 e. The lowest BCUT2D eigenvalue weighted by Crippen LogP contribution is -2.68. The summed E-state index contributed by atoms with van der Waals surface area (Å²) < 4.78 is 4.84. The molecular formula is C12H13ClN2O2S. The fourth-order valence-corrected chi connectivity index (χ4v) is 3.93. The summed E-state index contributed by atoms with van der Waals surface area (Å²) >= 11 is 7.68. The molecule has 0 spiro atoms. The van der Waals surface area contributed by atoms with E-state index in [9.17, 15) is 4.79 Å². The normalized spacial score (nSPS) is 32.4. The molecule has 3 aliphatic rings. The molecule has 18 heavy (non-hydrogen) atoms. The number of carbonyl (C=O) groups is 1. The van der Waals surface area contributed by atoms with Crippen LogP contribution in [-0.2, 0) is 14.9 Å². The van der Waals surface area contributed by atoms with E-state index in [4.69, 9.17) is 16.3 Å². The minimum atomic E-state index is -0.261. The average Bonchev–Trinajstić information content (AvgIpc) is 2.27. The Morgan fingerprint density at radius 3 is 2.72 bits per heavy atom. The van der Waals surface area contributed by atoms with Crippen LogP contribution in [0.2, 0.25) is 5.02 Å². The van der Waals surface area contributed by atoms with Crippen molar-refractivity contribution in [3.63, 3.8) is 0 Å². The van der Waals surface area contributed by atoms with Crippen LogP contribution in [0, 0.1) is 5.41 Å². The van der Waals surface area contributed by atoms with E-state index in [-0.39, 0.29) is 16.8 Å². The van der Waals surface area contributed by atoms with Gasteiger partial charge >= 0.3 is 5.97 Å². The van der Waals surface area contributed by atoms with E-state index in [1.807, 2.05) is 6.26 Å². The Bertz CT molecular complexity index is 515. The highest BCUT2D eigenvalue weighted by Crippen LogP contribution is 2.74. The molecule has 0 atom stereocenters. The number of methoxy groups -OCH3 is 1. The summed E-state index contributed by atoms with van der Waals surface area (Å²) in [5, 5.41) is 1.33. The molecule has 4 rings (SSSR count). The van der Waals surface area contributed by atoms with E-state index in [1.165, 1.54) is 18.9 Å². The molecule has 3 fully saturated rings. The predicted molar refractivity (Wildman–Crippen MR) is 68.8 cm³/mol. The molecule has 0 saturated heterocycles. The van der Waals surface area contributed by atoms with Crippen LogP contribution in [0.3, 0.4) is 0 Å². The third kappa shape index (κ3) is 1.43. The molecule has 0 N–H and O–H groups in total. The summed E-state index contributed by atoms with van der Waals surface area (Å²) in [7, 11) is 1.44. The SMILES string of the molecule is COC(=O)C12CC(c3nc(SC)ncc3Cl)(C1)C2.